The van der Waals surface area contributed by atoms with Crippen molar-refractivity contribution < 1.29 is 17.6 Å². The second kappa shape index (κ2) is 7.14. The first-order valence-corrected chi connectivity index (χ1v) is 10.2. The summed E-state index contributed by atoms with van der Waals surface area (Å²) >= 11 is 0. The number of benzene rings is 3. The standard InChI is InChI=1S/C22H19NO4S/c1-26-20-12-11-17(28(24,25)16-8-3-2-4-9-16)14-18(20)22(23)21-13-15-7-5-6-10-19(15)27-21/h2-14,22H,23H2,1H3. The summed E-state index contributed by atoms with van der Waals surface area (Å²) in [6.07, 6.45) is 0. The molecule has 0 bridgehead atoms. The molecule has 0 spiro atoms. The number of para-hydroxylation sites is 1. The number of fused-ring (bicyclic) bond motifs is 1. The Hall–Kier alpha value is -3.09. The summed E-state index contributed by atoms with van der Waals surface area (Å²) in [5.74, 6) is 1.04. The van der Waals surface area contributed by atoms with Gasteiger partial charge in [-0.2, -0.15) is 0 Å². The minimum Gasteiger partial charge on any atom is -0.496 e. The molecule has 28 heavy (non-hydrogen) atoms. The van der Waals surface area contributed by atoms with Crippen molar-refractivity contribution in [3.8, 4) is 5.75 Å². The monoisotopic (exact) mass is 393 g/mol. The molecule has 1 heterocycles. The van der Waals surface area contributed by atoms with Gasteiger partial charge in [0.1, 0.15) is 17.1 Å². The quantitative estimate of drug-likeness (QED) is 0.546. The van der Waals surface area contributed by atoms with E-state index in [1.807, 2.05) is 30.3 Å². The van der Waals surface area contributed by atoms with E-state index >= 15 is 0 Å². The third-order valence-electron chi connectivity index (χ3n) is 4.65. The summed E-state index contributed by atoms with van der Waals surface area (Å²) < 4.78 is 37.2. The van der Waals surface area contributed by atoms with Gasteiger partial charge in [0.15, 0.2) is 0 Å². The maximum absolute atomic E-state index is 13.0. The summed E-state index contributed by atoms with van der Waals surface area (Å²) in [6, 6.07) is 21.8. The van der Waals surface area contributed by atoms with Crippen LogP contribution in [0.1, 0.15) is 17.4 Å². The highest BCUT2D eigenvalue weighted by atomic mass is 32.2. The Balaban J connectivity index is 1.81. The molecule has 3 aromatic carbocycles. The number of ether oxygens (including phenoxy) is 1. The minimum atomic E-state index is -3.67. The van der Waals surface area contributed by atoms with Crippen LogP contribution in [-0.4, -0.2) is 15.5 Å². The molecule has 5 nitrogen and oxygen atoms in total. The molecule has 0 aliphatic carbocycles. The smallest absolute Gasteiger partial charge is 0.206 e. The van der Waals surface area contributed by atoms with Crippen molar-refractivity contribution in [2.75, 3.05) is 7.11 Å². The van der Waals surface area contributed by atoms with Gasteiger partial charge >= 0.3 is 0 Å². The fraction of sp³-hybridized carbons (Fsp3) is 0.0909. The van der Waals surface area contributed by atoms with Crippen LogP contribution in [0.4, 0.5) is 0 Å². The molecule has 0 aliphatic rings. The Morgan fingerprint density at radius 2 is 1.61 bits per heavy atom. The van der Waals surface area contributed by atoms with Crippen molar-refractivity contribution in [3.05, 3.63) is 90.2 Å². The van der Waals surface area contributed by atoms with E-state index in [2.05, 4.69) is 0 Å². The van der Waals surface area contributed by atoms with Gasteiger partial charge in [-0.3, -0.25) is 0 Å². The SMILES string of the molecule is COc1ccc(S(=O)(=O)c2ccccc2)cc1C(N)c1cc2ccccc2o1. The largest absolute Gasteiger partial charge is 0.496 e. The van der Waals surface area contributed by atoms with Gasteiger partial charge in [0, 0.05) is 10.9 Å². The van der Waals surface area contributed by atoms with E-state index in [0.717, 1.165) is 11.0 Å². The first-order valence-electron chi connectivity index (χ1n) is 8.73. The van der Waals surface area contributed by atoms with Crippen LogP contribution in [0.5, 0.6) is 5.75 Å². The van der Waals surface area contributed by atoms with Gasteiger partial charge < -0.3 is 14.9 Å². The van der Waals surface area contributed by atoms with E-state index in [0.29, 0.717) is 17.1 Å². The van der Waals surface area contributed by atoms with Gasteiger partial charge in [-0.05, 0) is 42.5 Å². The highest BCUT2D eigenvalue weighted by Crippen LogP contribution is 2.34. The number of rotatable bonds is 5. The summed E-state index contributed by atoms with van der Waals surface area (Å²) in [7, 11) is -2.15. The lowest BCUT2D eigenvalue weighted by Gasteiger charge is -2.15. The Kier molecular flexibility index (Phi) is 4.66. The number of furan rings is 1. The minimum absolute atomic E-state index is 0.154. The van der Waals surface area contributed by atoms with Crippen molar-refractivity contribution in [2.45, 2.75) is 15.8 Å². The van der Waals surface area contributed by atoms with Crippen LogP contribution in [-0.2, 0) is 9.84 Å². The highest BCUT2D eigenvalue weighted by Gasteiger charge is 2.23. The van der Waals surface area contributed by atoms with Gasteiger partial charge in [-0.15, -0.1) is 0 Å². The summed E-state index contributed by atoms with van der Waals surface area (Å²) in [4.78, 5) is 0.379. The number of hydrogen-bond acceptors (Lipinski definition) is 5. The van der Waals surface area contributed by atoms with Gasteiger partial charge in [0.2, 0.25) is 9.84 Å². The average Bonchev–Trinajstić information content (AvgIpc) is 3.17. The molecule has 0 saturated carbocycles. The molecule has 0 aliphatic heterocycles. The topological polar surface area (TPSA) is 82.5 Å². The molecule has 0 saturated heterocycles. The molecule has 0 amide bonds. The van der Waals surface area contributed by atoms with E-state index in [1.165, 1.54) is 13.2 Å². The van der Waals surface area contributed by atoms with Crippen molar-refractivity contribution in [1.82, 2.24) is 0 Å². The molecular formula is C22H19NO4S. The zero-order chi connectivity index (χ0) is 19.7. The van der Waals surface area contributed by atoms with Crippen LogP contribution in [0.15, 0.2) is 93.1 Å². The molecule has 1 aromatic heterocycles. The zero-order valence-electron chi connectivity index (χ0n) is 15.2. The molecule has 0 fully saturated rings. The zero-order valence-corrected chi connectivity index (χ0v) is 16.0. The third kappa shape index (κ3) is 3.17. The second-order valence-electron chi connectivity index (χ2n) is 6.38. The van der Waals surface area contributed by atoms with Crippen LogP contribution in [0.2, 0.25) is 0 Å². The normalized spacial score (nSPS) is 12.8. The van der Waals surface area contributed by atoms with Crippen LogP contribution >= 0.6 is 0 Å². The molecule has 142 valence electrons. The van der Waals surface area contributed by atoms with Crippen molar-refractivity contribution in [3.63, 3.8) is 0 Å². The first kappa shape index (κ1) is 18.3. The lowest BCUT2D eigenvalue weighted by Crippen LogP contribution is -2.13. The Morgan fingerprint density at radius 1 is 0.893 bits per heavy atom. The maximum Gasteiger partial charge on any atom is 0.206 e. The molecule has 6 heteroatoms. The lowest BCUT2D eigenvalue weighted by molar-refractivity contribution is 0.404. The van der Waals surface area contributed by atoms with Crippen LogP contribution in [0.25, 0.3) is 11.0 Å². The second-order valence-corrected chi connectivity index (χ2v) is 8.33. The summed E-state index contributed by atoms with van der Waals surface area (Å²) in [5.41, 5.74) is 7.70. The fourth-order valence-corrected chi connectivity index (χ4v) is 4.48. The maximum atomic E-state index is 13.0. The highest BCUT2D eigenvalue weighted by molar-refractivity contribution is 7.91. The molecule has 4 rings (SSSR count). The van der Waals surface area contributed by atoms with Gasteiger partial charge in [-0.1, -0.05) is 36.4 Å². The molecule has 2 N–H and O–H groups in total. The third-order valence-corrected chi connectivity index (χ3v) is 6.42. The molecule has 1 atom stereocenters. The average molecular weight is 393 g/mol. The van der Waals surface area contributed by atoms with Crippen LogP contribution < -0.4 is 10.5 Å². The number of methoxy groups -OCH3 is 1. The number of hydrogen-bond donors (Lipinski definition) is 1. The van der Waals surface area contributed by atoms with Crippen molar-refractivity contribution >= 4 is 20.8 Å². The molecule has 1 unspecified atom stereocenters. The van der Waals surface area contributed by atoms with Gasteiger partial charge in [0.25, 0.3) is 0 Å². The number of nitrogens with two attached hydrogens (primary N) is 1. The molecule has 4 aromatic rings. The van der Waals surface area contributed by atoms with Gasteiger partial charge in [0.05, 0.1) is 22.9 Å². The van der Waals surface area contributed by atoms with Crippen LogP contribution in [0, 0.1) is 0 Å². The van der Waals surface area contributed by atoms with Crippen molar-refractivity contribution in [1.29, 1.82) is 0 Å². The molecule has 0 radical (unpaired) electrons. The fourth-order valence-electron chi connectivity index (χ4n) is 3.17. The van der Waals surface area contributed by atoms with E-state index in [9.17, 15) is 8.42 Å². The van der Waals surface area contributed by atoms with Crippen LogP contribution in [0.3, 0.4) is 0 Å². The predicted octanol–water partition coefficient (Wildman–Crippen LogP) is 4.32. The summed E-state index contributed by atoms with van der Waals surface area (Å²) in [6.45, 7) is 0. The Morgan fingerprint density at radius 3 is 2.32 bits per heavy atom. The van der Waals surface area contributed by atoms with E-state index in [-0.39, 0.29) is 9.79 Å². The Labute approximate surface area is 163 Å². The van der Waals surface area contributed by atoms with E-state index in [4.69, 9.17) is 14.9 Å². The van der Waals surface area contributed by atoms with Crippen molar-refractivity contribution in [2.24, 2.45) is 5.73 Å². The molecular weight excluding hydrogens is 374 g/mol. The summed E-state index contributed by atoms with van der Waals surface area (Å²) in [5, 5.41) is 0.931. The van der Waals surface area contributed by atoms with Gasteiger partial charge in [-0.25, -0.2) is 8.42 Å². The number of sulfone groups is 1. The van der Waals surface area contributed by atoms with E-state index in [1.54, 1.807) is 42.5 Å². The predicted molar refractivity (Wildman–Crippen MR) is 107 cm³/mol. The van der Waals surface area contributed by atoms with E-state index < -0.39 is 15.9 Å². The Bertz CT molecular complexity index is 1200. The lowest BCUT2D eigenvalue weighted by atomic mass is 10.0. The first-order chi connectivity index (χ1) is 13.5.